The lowest BCUT2D eigenvalue weighted by atomic mass is 9.95. The molecule has 2 aromatic rings. The van der Waals surface area contributed by atoms with E-state index in [1.165, 1.54) is 0 Å². The van der Waals surface area contributed by atoms with Gasteiger partial charge in [-0.05, 0) is 31.4 Å². The van der Waals surface area contributed by atoms with Crippen molar-refractivity contribution in [3.8, 4) is 0 Å². The minimum atomic E-state index is -1.28. The van der Waals surface area contributed by atoms with Crippen molar-refractivity contribution in [3.05, 3.63) is 44.7 Å². The van der Waals surface area contributed by atoms with E-state index in [0.29, 0.717) is 27.9 Å². The van der Waals surface area contributed by atoms with Crippen molar-refractivity contribution < 1.29 is 19.4 Å². The molecule has 0 spiro atoms. The Labute approximate surface area is 177 Å². The Morgan fingerprint density at radius 1 is 1.14 bits per heavy atom. The van der Waals surface area contributed by atoms with Crippen molar-refractivity contribution in [2.75, 3.05) is 6.61 Å². The molecule has 1 aromatic heterocycles. The highest BCUT2D eigenvalue weighted by Gasteiger charge is 2.27. The number of hydrogen-bond acceptors (Lipinski definition) is 4. The van der Waals surface area contributed by atoms with Gasteiger partial charge in [-0.1, -0.05) is 66.4 Å². The molecule has 0 aliphatic heterocycles. The average Bonchev–Trinajstić information content (AvgIpc) is 2.65. The molecule has 0 radical (unpaired) electrons. The highest BCUT2D eigenvalue weighted by molar-refractivity contribution is 9.11. The summed E-state index contributed by atoms with van der Waals surface area (Å²) in [5, 5.41) is 11.2. The summed E-state index contributed by atoms with van der Waals surface area (Å²) in [7, 11) is 0. The van der Waals surface area contributed by atoms with Crippen molar-refractivity contribution in [2.24, 2.45) is 0 Å². The first-order valence-corrected chi connectivity index (χ1v) is 10.4. The number of carbonyl (C=O) groups excluding carboxylic acids is 1. The van der Waals surface area contributed by atoms with Crippen LogP contribution in [0.15, 0.2) is 22.7 Å². The summed E-state index contributed by atoms with van der Waals surface area (Å²) in [4.78, 5) is 28.9. The molecule has 0 unspecified atom stereocenters. The van der Waals surface area contributed by atoms with Crippen molar-refractivity contribution in [1.82, 2.24) is 4.98 Å². The van der Waals surface area contributed by atoms with Gasteiger partial charge >= 0.3 is 11.9 Å². The maximum atomic E-state index is 12.5. The fraction of sp³-hybridized carbons (Fsp3) is 0.381. The quantitative estimate of drug-likeness (QED) is 0.449. The van der Waals surface area contributed by atoms with Crippen molar-refractivity contribution >= 4 is 55.8 Å². The van der Waals surface area contributed by atoms with Gasteiger partial charge in [0.2, 0.25) is 0 Å². The minimum Gasteiger partial charge on any atom is -0.476 e. The Morgan fingerprint density at radius 2 is 1.82 bits per heavy atom. The molecule has 5 nitrogen and oxygen atoms in total. The van der Waals surface area contributed by atoms with E-state index >= 15 is 0 Å². The van der Waals surface area contributed by atoms with Crippen LogP contribution in [0.2, 0.25) is 5.02 Å². The lowest BCUT2D eigenvalue weighted by Gasteiger charge is -2.17. The third-order valence-electron chi connectivity index (χ3n) is 4.25. The van der Waals surface area contributed by atoms with Crippen LogP contribution in [0.25, 0.3) is 16.3 Å². The van der Waals surface area contributed by atoms with Crippen molar-refractivity contribution in [1.29, 1.82) is 0 Å². The van der Waals surface area contributed by atoms with Gasteiger partial charge in [-0.3, -0.25) is 0 Å². The van der Waals surface area contributed by atoms with Gasteiger partial charge in [0, 0.05) is 15.3 Å². The standard InChI is InChI=1S/C21H23BrClNO4/c1-4-8-12(14(22)9-5-2)18-16-13(10-7-11-15(16)23)17(21(27)28-6-3)19(24-18)20(25)26/h7,10-11H,4-6,8-9H2,1-3H3,(H,25,26)/b14-12-. The number of ether oxygens (including phenoxy) is 1. The first-order chi connectivity index (χ1) is 13.4. The van der Waals surface area contributed by atoms with E-state index < -0.39 is 11.9 Å². The molecule has 2 rings (SSSR count). The second-order valence-electron chi connectivity index (χ2n) is 6.26. The third-order valence-corrected chi connectivity index (χ3v) is 5.44. The summed E-state index contributed by atoms with van der Waals surface area (Å²) in [6, 6.07) is 5.08. The van der Waals surface area contributed by atoms with Crippen LogP contribution in [0.5, 0.6) is 0 Å². The summed E-state index contributed by atoms with van der Waals surface area (Å²) < 4.78 is 6.06. The van der Waals surface area contributed by atoms with Crippen LogP contribution in [0.4, 0.5) is 0 Å². The van der Waals surface area contributed by atoms with E-state index in [9.17, 15) is 14.7 Å². The zero-order chi connectivity index (χ0) is 20.8. The predicted molar refractivity (Wildman–Crippen MR) is 115 cm³/mol. The molecule has 0 saturated carbocycles. The third kappa shape index (κ3) is 4.55. The fourth-order valence-corrected chi connectivity index (χ4v) is 4.16. The maximum Gasteiger partial charge on any atom is 0.355 e. The maximum absolute atomic E-state index is 12.5. The van der Waals surface area contributed by atoms with Gasteiger partial charge in [0.1, 0.15) is 5.56 Å². The zero-order valence-electron chi connectivity index (χ0n) is 16.1. The number of rotatable bonds is 8. The monoisotopic (exact) mass is 467 g/mol. The van der Waals surface area contributed by atoms with Crippen LogP contribution < -0.4 is 0 Å². The molecule has 28 heavy (non-hydrogen) atoms. The number of benzene rings is 1. The number of carboxylic acids is 1. The number of allylic oxidation sites excluding steroid dienone is 2. The second kappa shape index (κ2) is 10.0. The molecule has 0 atom stereocenters. The molecular formula is C21H23BrClNO4. The molecule has 0 aliphatic carbocycles. The van der Waals surface area contributed by atoms with Crippen LogP contribution in [-0.4, -0.2) is 28.6 Å². The number of nitrogens with zero attached hydrogens (tertiary/aromatic N) is 1. The van der Waals surface area contributed by atoms with E-state index in [0.717, 1.165) is 29.3 Å². The number of carbonyl (C=O) groups is 2. The molecular weight excluding hydrogens is 446 g/mol. The normalized spacial score (nSPS) is 12.0. The molecule has 0 saturated heterocycles. The number of pyridine rings is 1. The van der Waals surface area contributed by atoms with Gasteiger partial charge < -0.3 is 9.84 Å². The van der Waals surface area contributed by atoms with Crippen molar-refractivity contribution in [3.63, 3.8) is 0 Å². The summed E-state index contributed by atoms with van der Waals surface area (Å²) in [5.74, 6) is -2.01. The van der Waals surface area contributed by atoms with E-state index in [4.69, 9.17) is 16.3 Å². The molecule has 1 heterocycles. The zero-order valence-corrected chi connectivity index (χ0v) is 18.5. The SMILES string of the molecule is CCC/C(Br)=C(\CCC)c1nc(C(=O)O)c(C(=O)OCC)c2cccc(Cl)c12. The second-order valence-corrected chi connectivity index (χ2v) is 7.62. The Bertz CT molecular complexity index is 940. The average molecular weight is 469 g/mol. The predicted octanol–water partition coefficient (Wildman–Crippen LogP) is 6.47. The largest absolute Gasteiger partial charge is 0.476 e. The van der Waals surface area contributed by atoms with Crippen LogP contribution >= 0.6 is 27.5 Å². The van der Waals surface area contributed by atoms with Gasteiger partial charge in [-0.15, -0.1) is 0 Å². The van der Waals surface area contributed by atoms with Crippen LogP contribution in [0, 0.1) is 0 Å². The summed E-state index contributed by atoms with van der Waals surface area (Å²) >= 11 is 10.1. The Morgan fingerprint density at radius 3 is 2.39 bits per heavy atom. The van der Waals surface area contributed by atoms with Gasteiger partial charge in [0.05, 0.1) is 17.3 Å². The first kappa shape index (κ1) is 22.4. The highest BCUT2D eigenvalue weighted by atomic mass is 79.9. The molecule has 0 amide bonds. The molecule has 1 N–H and O–H groups in total. The van der Waals surface area contributed by atoms with Gasteiger partial charge in [-0.25, -0.2) is 14.6 Å². The highest BCUT2D eigenvalue weighted by Crippen LogP contribution is 2.38. The molecule has 0 aliphatic rings. The van der Waals surface area contributed by atoms with Crippen LogP contribution in [0.3, 0.4) is 0 Å². The number of esters is 1. The number of aromatic carboxylic acids is 1. The van der Waals surface area contributed by atoms with Crippen molar-refractivity contribution in [2.45, 2.75) is 46.5 Å². The van der Waals surface area contributed by atoms with E-state index in [1.807, 2.05) is 6.92 Å². The van der Waals surface area contributed by atoms with Gasteiger partial charge in [-0.2, -0.15) is 0 Å². The van der Waals surface area contributed by atoms with E-state index in [1.54, 1.807) is 25.1 Å². The number of carboxylic acid groups (broad SMARTS) is 1. The van der Waals surface area contributed by atoms with E-state index in [-0.39, 0.29) is 17.9 Å². The molecule has 0 fully saturated rings. The Hall–Kier alpha value is -1.92. The molecule has 1 aromatic carbocycles. The molecule has 7 heteroatoms. The number of aromatic nitrogens is 1. The molecule has 150 valence electrons. The topological polar surface area (TPSA) is 76.5 Å². The Balaban J connectivity index is 2.99. The van der Waals surface area contributed by atoms with Crippen LogP contribution in [-0.2, 0) is 4.74 Å². The smallest absolute Gasteiger partial charge is 0.355 e. The fourth-order valence-electron chi connectivity index (χ4n) is 3.11. The summed E-state index contributed by atoms with van der Waals surface area (Å²) in [5.41, 5.74) is 1.00. The lowest BCUT2D eigenvalue weighted by molar-refractivity contribution is 0.0515. The first-order valence-electron chi connectivity index (χ1n) is 9.27. The summed E-state index contributed by atoms with van der Waals surface area (Å²) in [6.07, 6.45) is 3.27. The number of hydrogen-bond donors (Lipinski definition) is 1. The number of fused-ring (bicyclic) bond motifs is 1. The summed E-state index contributed by atoms with van der Waals surface area (Å²) in [6.45, 7) is 5.90. The Kier molecular flexibility index (Phi) is 8.01. The van der Waals surface area contributed by atoms with Crippen LogP contribution in [0.1, 0.15) is 73.0 Å². The minimum absolute atomic E-state index is 0.0712. The molecule has 0 bridgehead atoms. The van der Waals surface area contributed by atoms with Gasteiger partial charge in [0.15, 0.2) is 5.69 Å². The van der Waals surface area contributed by atoms with E-state index in [2.05, 4.69) is 27.8 Å². The lowest BCUT2D eigenvalue weighted by Crippen LogP contribution is -2.16. The number of halogens is 2. The van der Waals surface area contributed by atoms with Gasteiger partial charge in [0.25, 0.3) is 0 Å².